The normalized spacial score (nSPS) is 11.6. The number of rotatable bonds is 4. The van der Waals surface area contributed by atoms with E-state index in [4.69, 9.17) is 5.11 Å². The van der Waals surface area contributed by atoms with Crippen molar-refractivity contribution in [1.82, 2.24) is 0 Å². The quantitative estimate of drug-likeness (QED) is 0.826. The summed E-state index contributed by atoms with van der Waals surface area (Å²) in [5.74, 6) is -0.482. The third-order valence-electron chi connectivity index (χ3n) is 2.47. The van der Waals surface area contributed by atoms with E-state index in [9.17, 15) is 18.0 Å². The van der Waals surface area contributed by atoms with E-state index in [0.29, 0.717) is 5.75 Å². The van der Waals surface area contributed by atoms with E-state index in [1.54, 1.807) is 11.4 Å². The van der Waals surface area contributed by atoms with Gasteiger partial charge >= 0.3 is 12.1 Å². The topological polar surface area (TPSA) is 37.3 Å². The second-order valence-electron chi connectivity index (χ2n) is 3.94. The second-order valence-corrected chi connectivity index (χ2v) is 5.90. The highest BCUT2D eigenvalue weighted by atomic mass is 32.2. The van der Waals surface area contributed by atoms with E-state index in [2.05, 4.69) is 0 Å². The van der Waals surface area contributed by atoms with Crippen molar-refractivity contribution in [2.24, 2.45) is 0 Å². The molecule has 0 amide bonds. The third-order valence-corrected chi connectivity index (χ3v) is 4.59. The smallest absolute Gasteiger partial charge is 0.416 e. The molecule has 0 spiro atoms. The number of thiophene rings is 1. The van der Waals surface area contributed by atoms with Crippen LogP contribution in [0.4, 0.5) is 13.2 Å². The van der Waals surface area contributed by atoms with Crippen molar-refractivity contribution in [3.05, 3.63) is 51.7 Å². The summed E-state index contributed by atoms with van der Waals surface area (Å²) in [4.78, 5) is 11.8. The van der Waals surface area contributed by atoms with Gasteiger partial charge in [-0.25, -0.2) is 4.79 Å². The van der Waals surface area contributed by atoms with Crippen LogP contribution >= 0.6 is 23.1 Å². The van der Waals surface area contributed by atoms with E-state index >= 15 is 0 Å². The summed E-state index contributed by atoms with van der Waals surface area (Å²) in [6.45, 7) is 0. The highest BCUT2D eigenvalue weighted by molar-refractivity contribution is 7.98. The number of thioether (sulfide) groups is 1. The zero-order chi connectivity index (χ0) is 14.8. The molecule has 2 rings (SSSR count). The molecule has 0 saturated heterocycles. The summed E-state index contributed by atoms with van der Waals surface area (Å²) in [7, 11) is 0. The minimum absolute atomic E-state index is 0.250. The maximum atomic E-state index is 12.4. The number of hydrogen-bond acceptors (Lipinski definition) is 3. The number of halogens is 3. The average molecular weight is 318 g/mol. The van der Waals surface area contributed by atoms with Crippen molar-refractivity contribution < 1.29 is 23.1 Å². The van der Waals surface area contributed by atoms with Gasteiger partial charge in [0.15, 0.2) is 0 Å². The maximum absolute atomic E-state index is 12.4. The fourth-order valence-electron chi connectivity index (χ4n) is 1.46. The minimum atomic E-state index is -4.32. The molecule has 1 heterocycles. The van der Waals surface area contributed by atoms with E-state index in [-0.39, 0.29) is 4.88 Å². The van der Waals surface area contributed by atoms with E-state index in [1.807, 2.05) is 0 Å². The molecule has 0 saturated carbocycles. The predicted molar refractivity (Wildman–Crippen MR) is 72.3 cm³/mol. The van der Waals surface area contributed by atoms with Gasteiger partial charge in [-0.15, -0.1) is 23.1 Å². The number of alkyl halides is 3. The Morgan fingerprint density at radius 3 is 2.40 bits per heavy atom. The number of carboxylic acids is 1. The van der Waals surface area contributed by atoms with Gasteiger partial charge in [-0.2, -0.15) is 13.2 Å². The highest BCUT2D eigenvalue weighted by Gasteiger charge is 2.29. The zero-order valence-electron chi connectivity index (χ0n) is 9.98. The lowest BCUT2D eigenvalue weighted by Gasteiger charge is -2.07. The Morgan fingerprint density at radius 2 is 1.90 bits per heavy atom. The summed E-state index contributed by atoms with van der Waals surface area (Å²) in [5.41, 5.74) is 0.0843. The van der Waals surface area contributed by atoms with Crippen molar-refractivity contribution in [2.75, 3.05) is 0 Å². The van der Waals surface area contributed by atoms with Crippen LogP contribution in [0.2, 0.25) is 0 Å². The lowest BCUT2D eigenvalue weighted by molar-refractivity contribution is -0.137. The summed E-state index contributed by atoms with van der Waals surface area (Å²) >= 11 is 2.52. The molecule has 0 radical (unpaired) electrons. The van der Waals surface area contributed by atoms with Crippen molar-refractivity contribution in [3.8, 4) is 0 Å². The molecule has 2 aromatic rings. The largest absolute Gasteiger partial charge is 0.477 e. The van der Waals surface area contributed by atoms with Gasteiger partial charge in [-0.05, 0) is 23.8 Å². The van der Waals surface area contributed by atoms with E-state index < -0.39 is 17.7 Å². The first-order valence-electron chi connectivity index (χ1n) is 5.47. The molecule has 0 aliphatic heterocycles. The van der Waals surface area contributed by atoms with E-state index in [1.165, 1.54) is 23.9 Å². The van der Waals surface area contributed by atoms with Gasteiger partial charge < -0.3 is 5.11 Å². The van der Waals surface area contributed by atoms with Crippen molar-refractivity contribution >= 4 is 29.1 Å². The fraction of sp³-hybridized carbons (Fsp3) is 0.154. The Labute approximate surface area is 121 Å². The number of hydrogen-bond donors (Lipinski definition) is 1. The van der Waals surface area contributed by atoms with Crippen molar-refractivity contribution in [2.45, 2.75) is 16.8 Å². The minimum Gasteiger partial charge on any atom is -0.477 e. The monoisotopic (exact) mass is 318 g/mol. The van der Waals surface area contributed by atoms with Gasteiger partial charge in [0.05, 0.1) is 5.56 Å². The van der Waals surface area contributed by atoms with Crippen LogP contribution in [0.25, 0.3) is 0 Å². The number of carboxylic acid groups (broad SMARTS) is 1. The predicted octanol–water partition coefficient (Wildman–Crippen LogP) is 4.76. The van der Waals surface area contributed by atoms with Crippen LogP contribution in [-0.2, 0) is 11.9 Å². The summed E-state index contributed by atoms with van der Waals surface area (Å²) in [5, 5.41) is 10.5. The Hall–Kier alpha value is -1.47. The number of aromatic carboxylic acids is 1. The van der Waals surface area contributed by atoms with Crippen molar-refractivity contribution in [1.29, 1.82) is 0 Å². The molecule has 1 aromatic heterocycles. The average Bonchev–Trinajstić information content (AvgIpc) is 2.85. The molecule has 20 heavy (non-hydrogen) atoms. The summed E-state index contributed by atoms with van der Waals surface area (Å²) in [6.07, 6.45) is -4.32. The van der Waals surface area contributed by atoms with Crippen LogP contribution in [0.3, 0.4) is 0 Å². The lowest BCUT2D eigenvalue weighted by Crippen LogP contribution is -2.04. The third kappa shape index (κ3) is 3.77. The number of benzene rings is 1. The Bertz CT molecular complexity index is 603. The Morgan fingerprint density at radius 1 is 1.25 bits per heavy atom. The van der Waals surface area contributed by atoms with Gasteiger partial charge in [-0.1, -0.05) is 12.1 Å². The van der Waals surface area contributed by atoms with Crippen LogP contribution in [0.15, 0.2) is 40.6 Å². The molecule has 0 bridgehead atoms. The van der Waals surface area contributed by atoms with Gasteiger partial charge in [0.1, 0.15) is 4.88 Å². The molecule has 106 valence electrons. The molecule has 0 fully saturated rings. The van der Waals surface area contributed by atoms with E-state index in [0.717, 1.165) is 33.9 Å². The molecule has 0 aliphatic rings. The van der Waals surface area contributed by atoms with Crippen LogP contribution < -0.4 is 0 Å². The van der Waals surface area contributed by atoms with Gasteiger partial charge in [0, 0.05) is 16.0 Å². The SMILES string of the molecule is O=C(O)c1cc(SCc2ccc(C(F)(F)F)cc2)cs1. The van der Waals surface area contributed by atoms with Gasteiger partial charge in [0.2, 0.25) is 0 Å². The molecular formula is C13H9F3O2S2. The molecule has 0 aliphatic carbocycles. The Kier molecular flexibility index (Phi) is 4.39. The van der Waals surface area contributed by atoms with Gasteiger partial charge in [0.25, 0.3) is 0 Å². The first-order chi connectivity index (χ1) is 9.36. The molecule has 7 heteroatoms. The molecule has 2 nitrogen and oxygen atoms in total. The first-order valence-corrected chi connectivity index (χ1v) is 7.33. The lowest BCUT2D eigenvalue weighted by atomic mass is 10.1. The first kappa shape index (κ1) is 14.9. The van der Waals surface area contributed by atoms with Crippen LogP contribution in [0, 0.1) is 0 Å². The maximum Gasteiger partial charge on any atom is 0.416 e. The number of carbonyl (C=O) groups is 1. The molecule has 1 aromatic carbocycles. The Balaban J connectivity index is 1.98. The van der Waals surface area contributed by atoms with Gasteiger partial charge in [-0.3, -0.25) is 0 Å². The fourth-order valence-corrected chi connectivity index (χ4v) is 3.29. The second kappa shape index (κ2) is 5.88. The van der Waals surface area contributed by atoms with Crippen LogP contribution in [0.5, 0.6) is 0 Å². The molecular weight excluding hydrogens is 309 g/mol. The molecule has 1 N–H and O–H groups in total. The van der Waals surface area contributed by atoms with Crippen LogP contribution in [0.1, 0.15) is 20.8 Å². The van der Waals surface area contributed by atoms with Crippen LogP contribution in [-0.4, -0.2) is 11.1 Å². The standard InChI is InChI=1S/C13H9F3O2S2/c14-13(15,16)9-3-1-8(2-4-9)6-19-10-5-11(12(17)18)20-7-10/h1-5,7H,6H2,(H,17,18). The zero-order valence-corrected chi connectivity index (χ0v) is 11.6. The summed E-state index contributed by atoms with van der Waals surface area (Å²) in [6, 6.07) is 6.51. The molecule has 0 atom stereocenters. The summed E-state index contributed by atoms with van der Waals surface area (Å²) < 4.78 is 37.2. The van der Waals surface area contributed by atoms with Crippen molar-refractivity contribution in [3.63, 3.8) is 0 Å². The highest BCUT2D eigenvalue weighted by Crippen LogP contribution is 2.31. The molecule has 0 unspecified atom stereocenters.